The third kappa shape index (κ3) is 6.85. The number of aliphatic hydroxyl groups is 1. The number of piperidine rings is 1. The van der Waals surface area contributed by atoms with Crippen molar-refractivity contribution in [2.45, 2.75) is 91.0 Å². The number of aliphatic hydroxyl groups excluding tert-OH is 1. The average Bonchev–Trinajstić information content (AvgIpc) is 2.49. The van der Waals surface area contributed by atoms with E-state index in [9.17, 15) is 9.90 Å². The second-order valence-corrected chi connectivity index (χ2v) is 15.1. The molecule has 6 heteroatoms. The van der Waals surface area contributed by atoms with Gasteiger partial charge in [-0.25, -0.2) is 4.79 Å². The number of hydrogen-bond acceptors (Lipinski definition) is 4. The van der Waals surface area contributed by atoms with Crippen LogP contribution in [0.2, 0.25) is 18.1 Å². The van der Waals surface area contributed by atoms with Crippen molar-refractivity contribution in [1.82, 2.24) is 4.90 Å². The maximum atomic E-state index is 12.2. The normalized spacial score (nSPS) is 18.7. The first-order chi connectivity index (χ1) is 11.7. The average molecular weight is 388 g/mol. The number of hydrogen-bond donors (Lipinski definition) is 1. The monoisotopic (exact) mass is 387 g/mol. The maximum absolute atomic E-state index is 12.2. The van der Waals surface area contributed by atoms with Crippen molar-refractivity contribution in [2.24, 2.45) is 5.41 Å². The van der Waals surface area contributed by atoms with Crippen LogP contribution in [0.25, 0.3) is 0 Å². The molecule has 1 heterocycles. The Labute approximate surface area is 161 Å². The molecule has 0 atom stereocenters. The largest absolute Gasteiger partial charge is 0.444 e. The van der Waals surface area contributed by atoms with Crippen molar-refractivity contribution in [3.8, 4) is 0 Å². The topological polar surface area (TPSA) is 59.0 Å². The van der Waals surface area contributed by atoms with E-state index >= 15 is 0 Å². The van der Waals surface area contributed by atoms with Crippen molar-refractivity contribution in [1.29, 1.82) is 0 Å². The van der Waals surface area contributed by atoms with Gasteiger partial charge in [-0.15, -0.1) is 0 Å². The van der Waals surface area contributed by atoms with Crippen LogP contribution in [0.1, 0.15) is 67.2 Å². The number of likely N-dealkylation sites (tertiary alicyclic amines) is 1. The minimum absolute atomic E-state index is 0.0880. The van der Waals surface area contributed by atoms with Gasteiger partial charge in [0.05, 0.1) is 0 Å². The zero-order valence-electron chi connectivity index (χ0n) is 18.3. The van der Waals surface area contributed by atoms with Gasteiger partial charge in [0.2, 0.25) is 0 Å². The van der Waals surface area contributed by atoms with Gasteiger partial charge in [-0.2, -0.15) is 0 Å². The lowest BCUT2D eigenvalue weighted by Crippen LogP contribution is -2.46. The van der Waals surface area contributed by atoms with Gasteiger partial charge in [-0.3, -0.25) is 0 Å². The molecule has 0 saturated carbocycles. The molecule has 1 aliphatic rings. The van der Waals surface area contributed by atoms with Crippen LogP contribution in [0.4, 0.5) is 4.79 Å². The summed E-state index contributed by atoms with van der Waals surface area (Å²) < 4.78 is 11.7. The molecule has 1 aliphatic heterocycles. The fraction of sp³-hybridized carbons (Fsp3) is 0.950. The third-order valence-electron chi connectivity index (χ3n) is 5.93. The van der Waals surface area contributed by atoms with Gasteiger partial charge >= 0.3 is 6.09 Å². The zero-order valence-corrected chi connectivity index (χ0v) is 19.3. The van der Waals surface area contributed by atoms with Crippen LogP contribution in [-0.2, 0) is 9.16 Å². The molecule has 1 rings (SSSR count). The minimum Gasteiger partial charge on any atom is -0.444 e. The lowest BCUT2D eigenvalue weighted by molar-refractivity contribution is -0.00389. The van der Waals surface area contributed by atoms with Crippen molar-refractivity contribution in [3.63, 3.8) is 0 Å². The molecule has 0 aromatic carbocycles. The quantitative estimate of drug-likeness (QED) is 0.525. The van der Waals surface area contributed by atoms with Gasteiger partial charge in [-0.05, 0) is 70.0 Å². The summed E-state index contributed by atoms with van der Waals surface area (Å²) >= 11 is 0. The fourth-order valence-corrected chi connectivity index (χ4v) is 4.06. The number of rotatable bonds is 6. The Morgan fingerprint density at radius 3 is 2.08 bits per heavy atom. The SMILES string of the molecule is CC(C)(C)OC(=O)N1CCC(CO)(CCCO[Si](C)(C)C(C)(C)C)CC1. The second kappa shape index (κ2) is 8.61. The maximum Gasteiger partial charge on any atom is 0.410 e. The van der Waals surface area contributed by atoms with E-state index in [0.717, 1.165) is 32.3 Å². The van der Waals surface area contributed by atoms with Crippen LogP contribution in [-0.4, -0.2) is 56.3 Å². The molecule has 0 spiro atoms. The van der Waals surface area contributed by atoms with Gasteiger partial charge in [0, 0.05) is 26.3 Å². The highest BCUT2D eigenvalue weighted by Crippen LogP contribution is 2.38. The van der Waals surface area contributed by atoms with Crippen LogP contribution < -0.4 is 0 Å². The minimum atomic E-state index is -1.71. The van der Waals surface area contributed by atoms with Crippen molar-refractivity contribution >= 4 is 14.4 Å². The highest BCUT2D eigenvalue weighted by Gasteiger charge is 2.38. The van der Waals surface area contributed by atoms with Crippen LogP contribution in [0, 0.1) is 5.41 Å². The van der Waals surface area contributed by atoms with E-state index < -0.39 is 13.9 Å². The molecule has 0 radical (unpaired) electrons. The lowest BCUT2D eigenvalue weighted by atomic mass is 9.75. The first-order valence-electron chi connectivity index (χ1n) is 9.94. The Morgan fingerprint density at radius 1 is 1.12 bits per heavy atom. The van der Waals surface area contributed by atoms with Gasteiger partial charge in [0.1, 0.15) is 5.60 Å². The molecule has 1 saturated heterocycles. The molecule has 5 nitrogen and oxygen atoms in total. The zero-order chi connectivity index (χ0) is 20.2. The molecule has 0 unspecified atom stereocenters. The number of nitrogens with zero attached hydrogens (tertiary/aromatic N) is 1. The number of carbonyl (C=O) groups excluding carboxylic acids is 1. The first kappa shape index (κ1) is 23.4. The molecule has 0 aromatic heterocycles. The smallest absolute Gasteiger partial charge is 0.410 e. The standard InChI is InChI=1S/C20H41NO4Si/c1-18(2,3)25-17(23)21-13-11-20(16-22,12-14-21)10-9-15-24-26(7,8)19(4,5)6/h22H,9-16H2,1-8H3. The summed E-state index contributed by atoms with van der Waals surface area (Å²) in [6.07, 6.45) is 3.30. The Morgan fingerprint density at radius 2 is 1.65 bits per heavy atom. The predicted molar refractivity (Wildman–Crippen MR) is 109 cm³/mol. The summed E-state index contributed by atoms with van der Waals surface area (Å²) in [6, 6.07) is 0. The molecule has 1 N–H and O–H groups in total. The highest BCUT2D eigenvalue weighted by atomic mass is 28.4. The Kier molecular flexibility index (Phi) is 7.77. The highest BCUT2D eigenvalue weighted by molar-refractivity contribution is 6.74. The lowest BCUT2D eigenvalue weighted by Gasteiger charge is -2.41. The van der Waals surface area contributed by atoms with E-state index in [2.05, 4.69) is 33.9 Å². The summed E-state index contributed by atoms with van der Waals surface area (Å²) in [5, 5.41) is 10.2. The summed E-state index contributed by atoms with van der Waals surface area (Å²) in [4.78, 5) is 14.0. The van der Waals surface area contributed by atoms with Gasteiger partial charge in [0.15, 0.2) is 8.32 Å². The van der Waals surface area contributed by atoms with Gasteiger partial charge in [0.25, 0.3) is 0 Å². The van der Waals surface area contributed by atoms with Gasteiger partial charge in [-0.1, -0.05) is 20.8 Å². The van der Waals surface area contributed by atoms with E-state index in [-0.39, 0.29) is 23.2 Å². The van der Waals surface area contributed by atoms with E-state index in [1.54, 1.807) is 4.90 Å². The Bertz CT molecular complexity index is 457. The molecular weight excluding hydrogens is 346 g/mol. The van der Waals surface area contributed by atoms with E-state index in [4.69, 9.17) is 9.16 Å². The third-order valence-corrected chi connectivity index (χ3v) is 10.5. The van der Waals surface area contributed by atoms with Crippen LogP contribution in [0.15, 0.2) is 0 Å². The van der Waals surface area contributed by atoms with E-state index in [1.807, 2.05) is 20.8 Å². The molecule has 1 fully saturated rings. The Balaban J connectivity index is 2.46. The first-order valence-corrected chi connectivity index (χ1v) is 12.8. The predicted octanol–water partition coefficient (Wildman–Crippen LogP) is 4.80. The summed E-state index contributed by atoms with van der Waals surface area (Å²) in [5.41, 5.74) is -0.557. The van der Waals surface area contributed by atoms with E-state index in [1.165, 1.54) is 0 Å². The molecule has 0 aliphatic carbocycles. The van der Waals surface area contributed by atoms with Crippen LogP contribution >= 0.6 is 0 Å². The summed E-state index contributed by atoms with van der Waals surface area (Å²) in [6.45, 7) is 19.2. The molecule has 26 heavy (non-hydrogen) atoms. The van der Waals surface area contributed by atoms with Crippen molar-refractivity contribution in [2.75, 3.05) is 26.3 Å². The summed E-state index contributed by atoms with van der Waals surface area (Å²) in [5.74, 6) is 0. The van der Waals surface area contributed by atoms with Crippen molar-refractivity contribution < 1.29 is 19.1 Å². The molecule has 0 aromatic rings. The number of ether oxygens (including phenoxy) is 1. The molecular formula is C20H41NO4Si. The van der Waals surface area contributed by atoms with Gasteiger partial charge < -0.3 is 19.2 Å². The van der Waals surface area contributed by atoms with Crippen LogP contribution in [0.3, 0.4) is 0 Å². The number of amides is 1. The molecule has 154 valence electrons. The number of carbonyl (C=O) groups is 1. The second-order valence-electron chi connectivity index (χ2n) is 10.3. The van der Waals surface area contributed by atoms with Crippen molar-refractivity contribution in [3.05, 3.63) is 0 Å². The fourth-order valence-electron chi connectivity index (χ4n) is 2.97. The van der Waals surface area contributed by atoms with Crippen LogP contribution in [0.5, 0.6) is 0 Å². The van der Waals surface area contributed by atoms with E-state index in [0.29, 0.717) is 13.1 Å². The summed E-state index contributed by atoms with van der Waals surface area (Å²) in [7, 11) is -1.71. The Hall–Kier alpha value is -0.593. The molecule has 0 bridgehead atoms. The molecule has 1 amide bonds.